The minimum Gasteiger partial charge on any atom is -0.368 e. The summed E-state index contributed by atoms with van der Waals surface area (Å²) in [5.41, 5.74) is 1.41. The molecule has 16 heteroatoms. The van der Waals surface area contributed by atoms with E-state index in [9.17, 15) is 9.18 Å². The molecule has 0 saturated heterocycles. The number of nitrogens with one attached hydrogen (secondary N) is 3. The SMILES string of the molecule is CO[C@]1(C(=O)N[C@@H](C)c2ccc(-n3cc(F)cn3)nc2)CC[C@H](c2nc(Nc3cc(C)[nH]n3)c3cnn(COCCS(C)(C)C)c3n2)CC1. The lowest BCUT2D eigenvalue weighted by Crippen LogP contribution is -2.50. The zero-order valence-electron chi connectivity index (χ0n) is 28.7. The van der Waals surface area contributed by atoms with Crippen molar-refractivity contribution in [2.45, 2.75) is 63.8 Å². The smallest absolute Gasteiger partial charge is 0.252 e. The Balaban J connectivity index is 1.16. The summed E-state index contributed by atoms with van der Waals surface area (Å²) >= 11 is 0. The molecular formula is C33H44FN11O3S. The van der Waals surface area contributed by atoms with Crippen LogP contribution in [0.3, 0.4) is 0 Å². The number of anilines is 2. The van der Waals surface area contributed by atoms with Crippen LogP contribution in [-0.4, -0.2) is 94.5 Å². The van der Waals surface area contributed by atoms with Gasteiger partial charge in [-0.1, -0.05) is 6.07 Å². The Hall–Kier alpha value is -4.41. The molecule has 14 nitrogen and oxygen atoms in total. The molecule has 0 radical (unpaired) electrons. The van der Waals surface area contributed by atoms with Gasteiger partial charge in [-0.2, -0.15) is 15.3 Å². The molecular weight excluding hydrogens is 650 g/mol. The largest absolute Gasteiger partial charge is 0.368 e. The fraction of sp³-hybridized carbons (Fsp3) is 0.485. The van der Waals surface area contributed by atoms with Gasteiger partial charge in [0.2, 0.25) is 0 Å². The molecule has 1 fully saturated rings. The third-order valence-electron chi connectivity index (χ3n) is 8.89. The normalized spacial score (nSPS) is 19.2. The maximum Gasteiger partial charge on any atom is 0.252 e. The Bertz CT molecular complexity index is 1890. The third kappa shape index (κ3) is 7.92. The highest BCUT2D eigenvalue weighted by Crippen LogP contribution is 2.40. The molecule has 5 aromatic rings. The molecule has 262 valence electrons. The van der Waals surface area contributed by atoms with Crippen molar-refractivity contribution in [2.24, 2.45) is 0 Å². The average molecular weight is 694 g/mol. The number of carbonyl (C=O) groups excluding carboxylic acids is 1. The summed E-state index contributed by atoms with van der Waals surface area (Å²) in [5.74, 6) is 2.79. The number of fused-ring (bicyclic) bond motifs is 1. The van der Waals surface area contributed by atoms with Gasteiger partial charge in [-0.05, 0) is 69.9 Å². The van der Waals surface area contributed by atoms with Gasteiger partial charge < -0.3 is 20.1 Å². The van der Waals surface area contributed by atoms with Crippen LogP contribution < -0.4 is 10.6 Å². The zero-order chi connectivity index (χ0) is 34.8. The highest BCUT2D eigenvalue weighted by Gasteiger charge is 2.43. The number of hydrogen-bond donors (Lipinski definition) is 3. The summed E-state index contributed by atoms with van der Waals surface area (Å²) < 4.78 is 28.5. The molecule has 1 amide bonds. The molecule has 0 spiro atoms. The minimum absolute atomic E-state index is 0.00277. The maximum atomic E-state index is 13.7. The first-order valence-electron chi connectivity index (χ1n) is 16.2. The van der Waals surface area contributed by atoms with Crippen molar-refractivity contribution in [3.8, 4) is 5.82 Å². The Morgan fingerprint density at radius 2 is 1.96 bits per heavy atom. The highest BCUT2D eigenvalue weighted by atomic mass is 32.3. The lowest BCUT2D eigenvalue weighted by Gasteiger charge is -2.38. The standard InChI is InChI=1S/C33H44FN11O3S/c1-21-15-27(43-42-21)39-30-26-18-37-45(20-48-13-14-49(4,5)6)31(26)41-29(40-30)23-9-11-33(47-3,12-10-23)32(46)38-22(2)24-7-8-28(35-16-24)44-19-25(34)17-36-44/h7-8,15-19,22-23H,9-14,20H2,1-6H3,(H,38,46)(H2,39,40,41,42,43)/t22-,23-,33+/m0/s1. The number of amides is 1. The van der Waals surface area contributed by atoms with E-state index >= 15 is 0 Å². The van der Waals surface area contributed by atoms with Gasteiger partial charge in [0.1, 0.15) is 24.0 Å². The van der Waals surface area contributed by atoms with E-state index in [0.717, 1.165) is 28.6 Å². The van der Waals surface area contributed by atoms with Gasteiger partial charge in [0, 0.05) is 36.7 Å². The van der Waals surface area contributed by atoms with Crippen molar-refractivity contribution >= 4 is 38.6 Å². The second-order valence-electron chi connectivity index (χ2n) is 13.4. The molecule has 1 saturated carbocycles. The number of pyridine rings is 1. The molecule has 6 rings (SSSR count). The van der Waals surface area contributed by atoms with Crippen LogP contribution in [0.2, 0.25) is 0 Å². The highest BCUT2D eigenvalue weighted by molar-refractivity contribution is 8.32. The first kappa shape index (κ1) is 34.5. The van der Waals surface area contributed by atoms with Crippen molar-refractivity contribution in [3.63, 3.8) is 0 Å². The van der Waals surface area contributed by atoms with Gasteiger partial charge in [-0.25, -0.2) is 38.7 Å². The molecule has 49 heavy (non-hydrogen) atoms. The third-order valence-corrected chi connectivity index (χ3v) is 10.3. The Morgan fingerprint density at radius 1 is 1.16 bits per heavy atom. The number of hydrogen-bond acceptors (Lipinski definition) is 10. The summed E-state index contributed by atoms with van der Waals surface area (Å²) in [4.78, 5) is 28.1. The Kier molecular flexibility index (Phi) is 9.99. The zero-order valence-corrected chi connectivity index (χ0v) is 29.6. The molecule has 1 atom stereocenters. The summed E-state index contributed by atoms with van der Waals surface area (Å²) in [6.45, 7) is 4.76. The lowest BCUT2D eigenvalue weighted by atomic mass is 9.77. The van der Waals surface area contributed by atoms with Crippen molar-refractivity contribution in [3.05, 3.63) is 65.9 Å². The molecule has 0 aliphatic heterocycles. The lowest BCUT2D eigenvalue weighted by molar-refractivity contribution is -0.148. The quantitative estimate of drug-likeness (QED) is 0.145. The van der Waals surface area contributed by atoms with E-state index in [0.29, 0.717) is 61.2 Å². The van der Waals surface area contributed by atoms with Crippen LogP contribution in [0.15, 0.2) is 43.0 Å². The number of carbonyl (C=O) groups is 1. The topological polar surface area (TPSA) is 163 Å². The van der Waals surface area contributed by atoms with Crippen molar-refractivity contribution < 1.29 is 18.7 Å². The van der Waals surface area contributed by atoms with Crippen LogP contribution >= 0.6 is 10.0 Å². The molecule has 0 bridgehead atoms. The predicted molar refractivity (Wildman–Crippen MR) is 187 cm³/mol. The molecule has 0 aromatic carbocycles. The van der Waals surface area contributed by atoms with Gasteiger partial charge in [0.15, 0.2) is 23.1 Å². The van der Waals surface area contributed by atoms with Crippen molar-refractivity contribution in [1.29, 1.82) is 0 Å². The van der Waals surface area contributed by atoms with Crippen LogP contribution in [0.4, 0.5) is 16.0 Å². The van der Waals surface area contributed by atoms with Gasteiger partial charge in [-0.3, -0.25) is 9.89 Å². The van der Waals surface area contributed by atoms with Crippen LogP contribution in [0.1, 0.15) is 61.6 Å². The number of methoxy groups -OCH3 is 1. The van der Waals surface area contributed by atoms with Gasteiger partial charge in [0.25, 0.3) is 5.91 Å². The summed E-state index contributed by atoms with van der Waals surface area (Å²) in [5, 5.41) is 23.1. The second kappa shape index (κ2) is 14.2. The number of rotatable bonds is 13. The van der Waals surface area contributed by atoms with E-state index in [4.69, 9.17) is 19.4 Å². The summed E-state index contributed by atoms with van der Waals surface area (Å²) in [6, 6.07) is 5.16. The van der Waals surface area contributed by atoms with E-state index in [1.165, 1.54) is 10.9 Å². The van der Waals surface area contributed by atoms with Gasteiger partial charge >= 0.3 is 0 Å². The number of aromatic amines is 1. The first-order valence-corrected chi connectivity index (χ1v) is 19.2. The fourth-order valence-electron chi connectivity index (χ4n) is 5.90. The number of aryl methyl sites for hydroxylation is 1. The van der Waals surface area contributed by atoms with E-state index in [1.807, 2.05) is 26.0 Å². The monoisotopic (exact) mass is 693 g/mol. The van der Waals surface area contributed by atoms with E-state index < -0.39 is 21.4 Å². The van der Waals surface area contributed by atoms with Crippen molar-refractivity contribution in [2.75, 3.05) is 43.6 Å². The Labute approximate surface area is 285 Å². The van der Waals surface area contributed by atoms with Gasteiger partial charge in [-0.15, -0.1) is 0 Å². The van der Waals surface area contributed by atoms with Crippen LogP contribution in [0.25, 0.3) is 16.9 Å². The Morgan fingerprint density at radius 3 is 2.59 bits per heavy atom. The molecule has 1 aliphatic rings. The van der Waals surface area contributed by atoms with Crippen LogP contribution in [0, 0.1) is 12.7 Å². The number of nitrogens with zero attached hydrogens (tertiary/aromatic N) is 8. The fourth-order valence-corrected chi connectivity index (χ4v) is 6.52. The van der Waals surface area contributed by atoms with E-state index in [-0.39, 0.29) is 24.6 Å². The molecule has 1 aliphatic carbocycles. The van der Waals surface area contributed by atoms with Crippen LogP contribution in [-0.2, 0) is 21.0 Å². The number of halogens is 1. The molecule has 5 heterocycles. The van der Waals surface area contributed by atoms with E-state index in [2.05, 4.69) is 54.8 Å². The average Bonchev–Trinajstić information content (AvgIpc) is 3.82. The molecule has 3 N–H and O–H groups in total. The minimum atomic E-state index is -0.993. The first-order chi connectivity index (χ1) is 23.4. The predicted octanol–water partition coefficient (Wildman–Crippen LogP) is 4.91. The van der Waals surface area contributed by atoms with Gasteiger partial charge in [0.05, 0.1) is 36.6 Å². The number of aromatic nitrogens is 9. The second-order valence-corrected chi connectivity index (χ2v) is 18.0. The molecule has 5 aromatic heterocycles. The number of ether oxygens (including phenoxy) is 2. The molecule has 0 unspecified atom stereocenters. The van der Waals surface area contributed by atoms with Crippen LogP contribution in [0.5, 0.6) is 0 Å². The summed E-state index contributed by atoms with van der Waals surface area (Å²) in [7, 11) is 0.911. The summed E-state index contributed by atoms with van der Waals surface area (Å²) in [6.07, 6.45) is 14.9. The maximum absolute atomic E-state index is 13.7. The van der Waals surface area contributed by atoms with Crippen molar-refractivity contribution in [1.82, 2.24) is 50.0 Å². The van der Waals surface area contributed by atoms with E-state index in [1.54, 1.807) is 30.3 Å². The number of H-pyrrole nitrogens is 1.